The highest BCUT2D eigenvalue weighted by Crippen LogP contribution is 2.63. The molecular weight excluding hydrogens is 586 g/mol. The zero-order valence-electron chi connectivity index (χ0n) is 29.7. The predicted molar refractivity (Wildman–Crippen MR) is 170 cm³/mol. The van der Waals surface area contributed by atoms with E-state index in [9.17, 15) is 0 Å². The molecule has 0 radical (unpaired) electrons. The summed E-state index contributed by atoms with van der Waals surface area (Å²) in [6, 6.07) is 0. The van der Waals surface area contributed by atoms with Crippen LogP contribution in [0.15, 0.2) is 4.99 Å². The SMILES string of the molecule is CCC(C)(C)N=C(C[C@H]1O[C@@H]2O[C@]3(C)CC[C@H]4[C@H](C)CC[C@@H]([C@H]1C)[C@@]24OO3)[C@H]1O[C@@H]2O[C@]3(C)CC[C@H]4[C@H](C)CC[C@@H]([C@H]1C)[C@@]24OO3. The second kappa shape index (κ2) is 10.9. The highest BCUT2D eigenvalue weighted by Gasteiger charge is 2.71. The van der Waals surface area contributed by atoms with E-state index in [1.54, 1.807) is 0 Å². The molecule has 8 saturated heterocycles. The van der Waals surface area contributed by atoms with Gasteiger partial charge in [0.2, 0.25) is 11.6 Å². The maximum absolute atomic E-state index is 7.18. The maximum Gasteiger partial charge on any atom is 0.201 e. The lowest BCUT2D eigenvalue weighted by atomic mass is 9.56. The summed E-state index contributed by atoms with van der Waals surface area (Å²) in [5.41, 5.74) is -0.323. The van der Waals surface area contributed by atoms with Crippen molar-refractivity contribution < 1.29 is 38.5 Å². The number of rotatable bonds is 5. The van der Waals surface area contributed by atoms with Gasteiger partial charge in [0.25, 0.3) is 0 Å². The van der Waals surface area contributed by atoms with Crippen molar-refractivity contribution >= 4 is 5.71 Å². The van der Waals surface area contributed by atoms with Crippen molar-refractivity contribution in [3.05, 3.63) is 0 Å². The van der Waals surface area contributed by atoms with Crippen LogP contribution in [0.2, 0.25) is 0 Å². The quantitative estimate of drug-likeness (QED) is 0.224. The third kappa shape index (κ3) is 4.65. The molecule has 10 fully saturated rings. The molecule has 0 aromatic carbocycles. The number of aliphatic imine (C=N–C) groups is 1. The topological polar surface area (TPSA) is 86.2 Å². The second-order valence-electron chi connectivity index (χ2n) is 17.7. The number of hydrogen-bond acceptors (Lipinski definition) is 9. The van der Waals surface area contributed by atoms with Crippen LogP contribution in [0, 0.1) is 47.3 Å². The molecule has 10 rings (SSSR count). The van der Waals surface area contributed by atoms with Crippen molar-refractivity contribution in [2.24, 2.45) is 52.3 Å². The van der Waals surface area contributed by atoms with E-state index in [2.05, 4.69) is 48.5 Å². The molecular formula is C37H59NO8. The minimum absolute atomic E-state index is 0.0814. The number of hydrogen-bond donors (Lipinski definition) is 0. The van der Waals surface area contributed by atoms with E-state index in [1.807, 2.05) is 13.8 Å². The average Bonchev–Trinajstić information content (AvgIpc) is 3.38. The van der Waals surface area contributed by atoms with Crippen molar-refractivity contribution in [3.63, 3.8) is 0 Å². The molecule has 0 aromatic rings. The van der Waals surface area contributed by atoms with Crippen molar-refractivity contribution in [2.45, 2.75) is 180 Å². The molecule has 0 amide bonds. The van der Waals surface area contributed by atoms with E-state index < -0.39 is 35.4 Å². The molecule has 2 spiro atoms. The molecule has 16 atom stereocenters. The van der Waals surface area contributed by atoms with Crippen LogP contribution in [-0.2, 0) is 38.5 Å². The monoisotopic (exact) mass is 645 g/mol. The third-order valence-corrected chi connectivity index (χ3v) is 14.5. The summed E-state index contributed by atoms with van der Waals surface area (Å²) in [6.45, 7) is 20.1. The van der Waals surface area contributed by atoms with Crippen molar-refractivity contribution in [1.82, 2.24) is 0 Å². The minimum Gasteiger partial charge on any atom is -0.345 e. The van der Waals surface area contributed by atoms with Gasteiger partial charge in [0.1, 0.15) is 6.10 Å². The van der Waals surface area contributed by atoms with E-state index in [0.717, 1.165) is 50.7 Å². The highest BCUT2D eigenvalue weighted by atomic mass is 17.3. The van der Waals surface area contributed by atoms with Crippen LogP contribution < -0.4 is 0 Å². The fourth-order valence-electron chi connectivity index (χ4n) is 11.4. The molecule has 2 saturated carbocycles. The highest BCUT2D eigenvalue weighted by molar-refractivity contribution is 5.90. The third-order valence-electron chi connectivity index (χ3n) is 14.5. The van der Waals surface area contributed by atoms with E-state index in [1.165, 1.54) is 12.8 Å². The van der Waals surface area contributed by atoms with Crippen molar-refractivity contribution in [3.8, 4) is 0 Å². The summed E-state index contributed by atoms with van der Waals surface area (Å²) in [4.78, 5) is 30.7. The van der Waals surface area contributed by atoms with Crippen LogP contribution in [-0.4, -0.2) is 58.8 Å². The standard InChI is InChI=1S/C37H59NO8/c1-10-33(6,7)38-28(30-23(5)27-14-12-21(3)25-16-18-35(9)42-32(40-30)37(25,27)46-44-35)19-29-22(4)26-13-11-20(2)24-15-17-34(8)41-31(39-29)36(24,26)45-43-34/h20-27,29-32H,10-19H2,1-9H3/t20-,21-,22-,23-,24+,25+,26+,27+,29-,30+,31-,32-,34+,35+,36-,37-/m1/s1. The molecule has 0 aromatic heterocycles. The van der Waals surface area contributed by atoms with Crippen LogP contribution >= 0.6 is 0 Å². The molecule has 260 valence electrons. The first-order chi connectivity index (χ1) is 21.7. The molecule has 2 aliphatic carbocycles. The van der Waals surface area contributed by atoms with Gasteiger partial charge in [-0.15, -0.1) is 0 Å². The van der Waals surface area contributed by atoms with Gasteiger partial charge in [-0.3, -0.25) is 4.99 Å². The van der Waals surface area contributed by atoms with Crippen LogP contribution in [0.25, 0.3) is 0 Å². The molecule has 10 aliphatic rings. The molecule has 9 nitrogen and oxygen atoms in total. The van der Waals surface area contributed by atoms with Gasteiger partial charge < -0.3 is 18.9 Å². The Morgan fingerprint density at radius 3 is 1.74 bits per heavy atom. The molecule has 9 heteroatoms. The molecule has 8 aliphatic heterocycles. The minimum atomic E-state index is -0.805. The molecule has 46 heavy (non-hydrogen) atoms. The number of ether oxygens (including phenoxy) is 4. The van der Waals surface area contributed by atoms with Gasteiger partial charge in [0.05, 0.1) is 11.6 Å². The summed E-state index contributed by atoms with van der Waals surface area (Å²) in [7, 11) is 0. The maximum atomic E-state index is 7.18. The Morgan fingerprint density at radius 1 is 0.674 bits per heavy atom. The lowest BCUT2D eigenvalue weighted by Gasteiger charge is -2.61. The number of nitrogens with zero attached hydrogens (tertiary/aromatic N) is 1. The summed E-state index contributed by atoms with van der Waals surface area (Å²) in [6.07, 6.45) is 8.56. The van der Waals surface area contributed by atoms with Crippen molar-refractivity contribution in [1.29, 1.82) is 0 Å². The average molecular weight is 646 g/mol. The predicted octanol–water partition coefficient (Wildman–Crippen LogP) is 7.51. The Morgan fingerprint density at radius 2 is 1.20 bits per heavy atom. The van der Waals surface area contributed by atoms with E-state index >= 15 is 0 Å². The summed E-state index contributed by atoms with van der Waals surface area (Å²) in [5.74, 6) is 1.10. The normalized spacial score (nSPS) is 56.5. The molecule has 8 heterocycles. The van der Waals surface area contributed by atoms with Gasteiger partial charge in [-0.1, -0.05) is 34.6 Å². The Bertz CT molecular complexity index is 1230. The summed E-state index contributed by atoms with van der Waals surface area (Å²) in [5, 5.41) is 0. The first kappa shape index (κ1) is 32.5. The van der Waals surface area contributed by atoms with Crippen LogP contribution in [0.4, 0.5) is 0 Å². The van der Waals surface area contributed by atoms with E-state index in [-0.39, 0.29) is 41.4 Å². The molecule has 4 bridgehead atoms. The lowest BCUT2D eigenvalue weighted by molar-refractivity contribution is -0.571. The fourth-order valence-corrected chi connectivity index (χ4v) is 11.4. The second-order valence-corrected chi connectivity index (χ2v) is 17.7. The van der Waals surface area contributed by atoms with E-state index in [0.29, 0.717) is 30.1 Å². The largest absolute Gasteiger partial charge is 0.345 e. The van der Waals surface area contributed by atoms with Gasteiger partial charge in [-0.05, 0) is 108 Å². The Hall–Kier alpha value is -0.650. The van der Waals surface area contributed by atoms with Crippen molar-refractivity contribution in [2.75, 3.05) is 0 Å². The summed E-state index contributed by atoms with van der Waals surface area (Å²) < 4.78 is 27.8. The molecule has 0 unspecified atom stereocenters. The van der Waals surface area contributed by atoms with Gasteiger partial charge in [0, 0.05) is 36.8 Å². The number of fused-ring (bicyclic) bond motifs is 4. The van der Waals surface area contributed by atoms with Crippen LogP contribution in [0.3, 0.4) is 0 Å². The Labute approximate surface area is 275 Å². The van der Waals surface area contributed by atoms with Crippen LogP contribution in [0.5, 0.6) is 0 Å². The fraction of sp³-hybridized carbons (Fsp3) is 0.973. The lowest BCUT2D eigenvalue weighted by Crippen LogP contribution is -2.71. The summed E-state index contributed by atoms with van der Waals surface area (Å²) >= 11 is 0. The van der Waals surface area contributed by atoms with E-state index in [4.69, 9.17) is 43.5 Å². The zero-order chi connectivity index (χ0) is 32.4. The zero-order valence-corrected chi connectivity index (χ0v) is 29.7. The van der Waals surface area contributed by atoms with Gasteiger partial charge in [-0.2, -0.15) is 0 Å². The smallest absolute Gasteiger partial charge is 0.201 e. The van der Waals surface area contributed by atoms with Gasteiger partial charge in [0.15, 0.2) is 23.8 Å². The van der Waals surface area contributed by atoms with Gasteiger partial charge in [-0.25, -0.2) is 19.6 Å². The first-order valence-electron chi connectivity index (χ1n) is 18.7. The van der Waals surface area contributed by atoms with Gasteiger partial charge >= 0.3 is 0 Å². The Balaban J connectivity index is 1.14. The molecule has 0 N–H and O–H groups in total. The Kier molecular flexibility index (Phi) is 7.73. The first-order valence-corrected chi connectivity index (χ1v) is 18.7. The van der Waals surface area contributed by atoms with Crippen LogP contribution in [0.1, 0.15) is 127 Å².